The molecule has 0 spiro atoms. The molecule has 0 N–H and O–H groups in total. The van der Waals surface area contributed by atoms with Crippen LogP contribution in [0.25, 0.3) is 0 Å². The monoisotopic (exact) mass is 327 g/mol. The summed E-state index contributed by atoms with van der Waals surface area (Å²) < 4.78 is 0. The Morgan fingerprint density at radius 2 is 1.28 bits per heavy atom. The maximum atomic E-state index is 4.37. The summed E-state index contributed by atoms with van der Waals surface area (Å²) in [5.41, 5.74) is 0.975. The third-order valence-corrected chi connectivity index (χ3v) is 3.52. The maximum Gasteiger partial charge on any atom is 0 e. The van der Waals surface area contributed by atoms with Crippen LogP contribution in [-0.4, -0.2) is 0 Å². The van der Waals surface area contributed by atoms with E-state index in [1.165, 1.54) is 6.42 Å². The number of rotatable bonds is 3. The van der Waals surface area contributed by atoms with Crippen LogP contribution in [0.5, 0.6) is 0 Å². The minimum Gasteiger partial charge on any atom is -0.342 e. The Bertz CT molecular complexity index is 221. The smallest absolute Gasteiger partial charge is 0 e. The van der Waals surface area contributed by atoms with Gasteiger partial charge in [-0.15, -0.1) is 0 Å². The summed E-state index contributed by atoms with van der Waals surface area (Å²) in [6, 6.07) is 0. The molecule has 0 aliphatic heterocycles. The summed E-state index contributed by atoms with van der Waals surface area (Å²) in [4.78, 5) is 0. The molecule has 1 unspecified atom stereocenters. The summed E-state index contributed by atoms with van der Waals surface area (Å²) >= 11 is 0. The van der Waals surface area contributed by atoms with Crippen molar-refractivity contribution in [3.05, 3.63) is 12.8 Å². The van der Waals surface area contributed by atoms with Gasteiger partial charge >= 0.3 is 0 Å². The van der Waals surface area contributed by atoms with Gasteiger partial charge in [-0.05, 0) is 0 Å². The molecule has 0 aromatic carbocycles. The normalized spacial score (nSPS) is 15.5. The first-order chi connectivity index (χ1) is 7.23. The van der Waals surface area contributed by atoms with Crippen LogP contribution in [0.15, 0.2) is 0 Å². The van der Waals surface area contributed by atoms with Crippen molar-refractivity contribution in [2.24, 2.45) is 22.2 Å². The fourth-order valence-electron chi connectivity index (χ4n) is 1.89. The van der Waals surface area contributed by atoms with Crippen molar-refractivity contribution in [3.63, 3.8) is 0 Å². The van der Waals surface area contributed by atoms with Gasteiger partial charge in [-0.1, -0.05) is 73.1 Å². The Hall–Kier alpha value is 1.10. The van der Waals surface area contributed by atoms with E-state index in [9.17, 15) is 0 Å². The Labute approximate surface area is 142 Å². The van der Waals surface area contributed by atoms with E-state index < -0.39 is 0 Å². The molecule has 1 atom stereocenters. The topological polar surface area (TPSA) is 0 Å². The number of hydrogen-bond acceptors (Lipinski definition) is 0. The predicted octanol–water partition coefficient (Wildman–Crippen LogP) is 5.93. The fraction of sp³-hybridized carbons (Fsp3) is 0.882. The SMILES string of the molecule is [CH2-]C(C[C-](CC(C)(C)C)C(C)(C)C)C(C)(C)C.[Y]. The second-order valence-electron chi connectivity index (χ2n) is 8.86. The zero-order valence-electron chi connectivity index (χ0n) is 14.3. The molecule has 0 saturated carbocycles. The van der Waals surface area contributed by atoms with Crippen molar-refractivity contribution in [2.75, 3.05) is 0 Å². The van der Waals surface area contributed by atoms with Gasteiger partial charge in [0.2, 0.25) is 0 Å². The molecule has 107 valence electrons. The molecule has 0 amide bonds. The van der Waals surface area contributed by atoms with E-state index in [0.717, 1.165) is 6.42 Å². The van der Waals surface area contributed by atoms with Gasteiger partial charge in [0.25, 0.3) is 0 Å². The molecule has 0 aliphatic carbocycles. The fourth-order valence-corrected chi connectivity index (χ4v) is 1.89. The summed E-state index contributed by atoms with van der Waals surface area (Å²) in [7, 11) is 0. The zero-order chi connectivity index (χ0) is 14.1. The van der Waals surface area contributed by atoms with Gasteiger partial charge in [0.1, 0.15) is 0 Å². The Balaban J connectivity index is 0. The van der Waals surface area contributed by atoms with E-state index in [1.807, 2.05) is 0 Å². The second-order valence-corrected chi connectivity index (χ2v) is 8.86. The van der Waals surface area contributed by atoms with Gasteiger partial charge in [0.15, 0.2) is 0 Å². The molecule has 1 heteroatoms. The van der Waals surface area contributed by atoms with Crippen LogP contribution >= 0.6 is 0 Å². The molecule has 0 bridgehead atoms. The van der Waals surface area contributed by atoms with Crippen LogP contribution in [0, 0.1) is 35.0 Å². The average molecular weight is 327 g/mol. The van der Waals surface area contributed by atoms with Gasteiger partial charge in [-0.2, -0.15) is 17.8 Å². The Morgan fingerprint density at radius 3 is 1.50 bits per heavy atom. The standard InChI is InChI=1S/C17H34.Y/c1-13(16(5,6)7)11-14(17(8,9)10)12-15(2,3)4;/h13H,1,11-12H2,2-10H3;/q-2;. The summed E-state index contributed by atoms with van der Waals surface area (Å²) in [6.45, 7) is 25.2. The summed E-state index contributed by atoms with van der Waals surface area (Å²) in [5.74, 6) is 2.17. The first-order valence-corrected chi connectivity index (χ1v) is 6.92. The molecule has 1 radical (unpaired) electrons. The largest absolute Gasteiger partial charge is 0.342 e. The molecule has 0 saturated heterocycles. The molecule has 0 heterocycles. The van der Waals surface area contributed by atoms with Crippen LogP contribution in [-0.2, 0) is 32.7 Å². The van der Waals surface area contributed by atoms with E-state index in [2.05, 4.69) is 69.2 Å². The van der Waals surface area contributed by atoms with Crippen molar-refractivity contribution in [1.29, 1.82) is 0 Å². The number of hydrogen-bond donors (Lipinski definition) is 0. The van der Waals surface area contributed by atoms with Gasteiger partial charge in [0, 0.05) is 32.7 Å². The molecule has 0 nitrogen and oxygen atoms in total. The van der Waals surface area contributed by atoms with Crippen molar-refractivity contribution in [1.82, 2.24) is 0 Å². The minimum absolute atomic E-state index is 0. The zero-order valence-corrected chi connectivity index (χ0v) is 17.1. The Morgan fingerprint density at radius 1 is 0.889 bits per heavy atom. The molecule has 18 heavy (non-hydrogen) atoms. The minimum atomic E-state index is 0. The van der Waals surface area contributed by atoms with Crippen LogP contribution in [0.2, 0.25) is 0 Å². The van der Waals surface area contributed by atoms with E-state index in [4.69, 9.17) is 0 Å². The summed E-state index contributed by atoms with van der Waals surface area (Å²) in [5, 5.41) is 0. The molecule has 0 aliphatic rings. The van der Waals surface area contributed by atoms with Crippen molar-refractivity contribution in [2.45, 2.75) is 75.2 Å². The van der Waals surface area contributed by atoms with Gasteiger partial charge in [-0.3, -0.25) is 0 Å². The summed E-state index contributed by atoms with van der Waals surface area (Å²) in [6.07, 6.45) is 2.36. The van der Waals surface area contributed by atoms with Gasteiger partial charge < -0.3 is 12.8 Å². The third kappa shape index (κ3) is 9.08. The van der Waals surface area contributed by atoms with Crippen molar-refractivity contribution < 1.29 is 32.7 Å². The molecular weight excluding hydrogens is 293 g/mol. The third-order valence-electron chi connectivity index (χ3n) is 3.52. The van der Waals surface area contributed by atoms with Crippen molar-refractivity contribution >= 4 is 0 Å². The van der Waals surface area contributed by atoms with Gasteiger partial charge in [0.05, 0.1) is 0 Å². The molecule has 0 aromatic heterocycles. The second kappa shape index (κ2) is 7.21. The first-order valence-electron chi connectivity index (χ1n) is 6.92. The quantitative estimate of drug-likeness (QED) is 0.564. The Kier molecular flexibility index (Phi) is 8.57. The molecule has 0 fully saturated rings. The average Bonchev–Trinajstić information content (AvgIpc) is 1.96. The molecular formula is C17H34Y-2. The van der Waals surface area contributed by atoms with Gasteiger partial charge in [-0.25, -0.2) is 6.42 Å². The van der Waals surface area contributed by atoms with E-state index in [1.54, 1.807) is 5.92 Å². The van der Waals surface area contributed by atoms with Crippen LogP contribution in [0.3, 0.4) is 0 Å². The first kappa shape index (κ1) is 21.4. The van der Waals surface area contributed by atoms with Crippen LogP contribution < -0.4 is 0 Å². The van der Waals surface area contributed by atoms with E-state index in [0.29, 0.717) is 22.2 Å². The molecule has 0 aromatic rings. The predicted molar refractivity (Wildman–Crippen MR) is 79.7 cm³/mol. The van der Waals surface area contributed by atoms with Crippen molar-refractivity contribution in [3.8, 4) is 0 Å². The van der Waals surface area contributed by atoms with Crippen LogP contribution in [0.4, 0.5) is 0 Å². The molecule has 0 rings (SSSR count). The van der Waals surface area contributed by atoms with E-state index in [-0.39, 0.29) is 32.7 Å². The van der Waals surface area contributed by atoms with Crippen LogP contribution in [0.1, 0.15) is 75.2 Å². The van der Waals surface area contributed by atoms with E-state index >= 15 is 0 Å². The maximum absolute atomic E-state index is 4.37.